The lowest BCUT2D eigenvalue weighted by Crippen LogP contribution is -2.69. The van der Waals surface area contributed by atoms with Gasteiger partial charge in [0.25, 0.3) is 5.91 Å². The normalized spacial score (nSPS) is 13.1. The first kappa shape index (κ1) is 21.9. The van der Waals surface area contributed by atoms with Gasteiger partial charge in [-0.25, -0.2) is 4.79 Å². The summed E-state index contributed by atoms with van der Waals surface area (Å²) < 4.78 is 51.7. The van der Waals surface area contributed by atoms with E-state index in [-0.39, 0.29) is 23.6 Å². The van der Waals surface area contributed by atoms with Crippen molar-refractivity contribution in [2.24, 2.45) is 0 Å². The number of carbonyl (C=O) groups is 2. The molecule has 1 unspecified atom stereocenters. The maximum absolute atomic E-state index is 14.1. The second-order valence-electron chi connectivity index (χ2n) is 5.82. The van der Waals surface area contributed by atoms with E-state index in [9.17, 15) is 27.9 Å². The fourth-order valence-corrected chi connectivity index (χ4v) is 2.38. The molecule has 2 aromatic rings. The quantitative estimate of drug-likeness (QED) is 0.368. The second-order valence-corrected chi connectivity index (χ2v) is 5.82. The molecule has 2 aromatic carbocycles. The monoisotopic (exact) mass is 412 g/mol. The molecule has 29 heavy (non-hydrogen) atoms. The van der Waals surface area contributed by atoms with Crippen LogP contribution in [0.25, 0.3) is 0 Å². The molecule has 0 saturated heterocycles. The zero-order chi connectivity index (χ0) is 21.7. The van der Waals surface area contributed by atoms with Crippen molar-refractivity contribution in [1.29, 1.82) is 0 Å². The van der Waals surface area contributed by atoms with Gasteiger partial charge in [-0.2, -0.15) is 13.2 Å². The first-order chi connectivity index (χ1) is 13.6. The van der Waals surface area contributed by atoms with E-state index in [1.807, 2.05) is 5.32 Å². The minimum absolute atomic E-state index is 0.128. The summed E-state index contributed by atoms with van der Waals surface area (Å²) >= 11 is 0. The lowest BCUT2D eigenvalue weighted by Gasteiger charge is -2.35. The van der Waals surface area contributed by atoms with E-state index in [1.165, 1.54) is 38.3 Å². The predicted molar refractivity (Wildman–Crippen MR) is 97.6 cm³/mol. The van der Waals surface area contributed by atoms with Crippen LogP contribution < -0.4 is 15.4 Å². The lowest BCUT2D eigenvalue weighted by molar-refractivity contribution is -0.204. The standard InChI is InChI=1S/C19H19F3N2O5/c1-3-29-17(27)18(19(20,21)22,23-13-6-8-14(25)9-7-13)24-16(26)12-4-10-15(28-2)11-5-12/h4-11,23,25H,3H2,1-2H3,(H,24,26). The lowest BCUT2D eigenvalue weighted by atomic mass is 10.1. The Hall–Kier alpha value is -3.43. The Morgan fingerprint density at radius 2 is 1.62 bits per heavy atom. The van der Waals surface area contributed by atoms with Crippen LogP contribution in [0.1, 0.15) is 17.3 Å². The molecule has 7 nitrogen and oxygen atoms in total. The fourth-order valence-electron chi connectivity index (χ4n) is 2.38. The third kappa shape index (κ3) is 4.89. The van der Waals surface area contributed by atoms with Gasteiger partial charge in [-0.15, -0.1) is 0 Å². The molecule has 3 N–H and O–H groups in total. The molecule has 0 aromatic heterocycles. The van der Waals surface area contributed by atoms with Crippen molar-refractivity contribution < 1.29 is 37.3 Å². The summed E-state index contributed by atoms with van der Waals surface area (Å²) in [5.41, 5.74) is -3.86. The van der Waals surface area contributed by atoms with Crippen LogP contribution in [0.5, 0.6) is 11.5 Å². The Kier molecular flexibility index (Phi) is 6.57. The van der Waals surface area contributed by atoms with Crippen molar-refractivity contribution >= 4 is 17.6 Å². The van der Waals surface area contributed by atoms with E-state index in [2.05, 4.69) is 4.74 Å². The number of amides is 1. The average Bonchev–Trinajstić information content (AvgIpc) is 2.68. The van der Waals surface area contributed by atoms with E-state index in [0.29, 0.717) is 5.75 Å². The highest BCUT2D eigenvalue weighted by Gasteiger charge is 2.63. The number of alkyl halides is 3. The fraction of sp³-hybridized carbons (Fsp3) is 0.263. The molecule has 0 saturated carbocycles. The largest absolute Gasteiger partial charge is 0.508 e. The van der Waals surface area contributed by atoms with Gasteiger partial charge in [0.1, 0.15) is 11.5 Å². The van der Waals surface area contributed by atoms with E-state index >= 15 is 0 Å². The summed E-state index contributed by atoms with van der Waals surface area (Å²) in [5, 5.41) is 13.0. The molecular formula is C19H19F3N2O5. The summed E-state index contributed by atoms with van der Waals surface area (Å²) in [6.07, 6.45) is -5.26. The molecule has 0 heterocycles. The zero-order valence-corrected chi connectivity index (χ0v) is 15.5. The predicted octanol–water partition coefficient (Wildman–Crippen LogP) is 3.06. The molecule has 1 amide bonds. The van der Waals surface area contributed by atoms with E-state index in [4.69, 9.17) is 4.74 Å². The molecule has 1 atom stereocenters. The smallest absolute Gasteiger partial charge is 0.441 e. The minimum Gasteiger partial charge on any atom is -0.508 e. The first-order valence-corrected chi connectivity index (χ1v) is 8.40. The van der Waals surface area contributed by atoms with Crippen LogP contribution in [-0.2, 0) is 9.53 Å². The molecule has 0 bridgehead atoms. The highest BCUT2D eigenvalue weighted by Crippen LogP contribution is 2.34. The number of anilines is 1. The van der Waals surface area contributed by atoms with E-state index in [0.717, 1.165) is 24.3 Å². The van der Waals surface area contributed by atoms with Crippen LogP contribution in [0.15, 0.2) is 48.5 Å². The van der Waals surface area contributed by atoms with Crippen molar-refractivity contribution in [3.8, 4) is 11.5 Å². The molecule has 156 valence electrons. The topological polar surface area (TPSA) is 96.9 Å². The summed E-state index contributed by atoms with van der Waals surface area (Å²) in [4.78, 5) is 24.9. The average molecular weight is 412 g/mol. The minimum atomic E-state index is -5.26. The van der Waals surface area contributed by atoms with Crippen LogP contribution in [0, 0.1) is 0 Å². The number of phenolic OH excluding ortho intramolecular Hbond substituents is 1. The number of halogens is 3. The van der Waals surface area contributed by atoms with Gasteiger partial charge < -0.3 is 25.2 Å². The number of hydrogen-bond acceptors (Lipinski definition) is 6. The van der Waals surface area contributed by atoms with Gasteiger partial charge in [0.2, 0.25) is 0 Å². The van der Waals surface area contributed by atoms with Gasteiger partial charge in [-0.05, 0) is 55.5 Å². The number of ether oxygens (including phenoxy) is 2. The summed E-state index contributed by atoms with van der Waals surface area (Å²) in [6.45, 7) is 0.997. The van der Waals surface area contributed by atoms with Crippen LogP contribution in [0.2, 0.25) is 0 Å². The number of benzene rings is 2. The number of rotatable bonds is 7. The Morgan fingerprint density at radius 3 is 2.10 bits per heavy atom. The SMILES string of the molecule is CCOC(=O)C(NC(=O)c1ccc(OC)cc1)(Nc1ccc(O)cc1)C(F)(F)F. The molecule has 10 heteroatoms. The number of hydrogen-bond donors (Lipinski definition) is 3. The summed E-state index contributed by atoms with van der Waals surface area (Å²) in [6, 6.07) is 9.77. The number of carbonyl (C=O) groups excluding carboxylic acids is 2. The maximum Gasteiger partial charge on any atom is 0.441 e. The molecule has 0 radical (unpaired) electrons. The summed E-state index contributed by atoms with van der Waals surface area (Å²) in [5.74, 6) is -2.69. The third-order valence-corrected chi connectivity index (χ3v) is 3.86. The van der Waals surface area contributed by atoms with Gasteiger partial charge >= 0.3 is 17.8 Å². The van der Waals surface area contributed by atoms with Crippen molar-refractivity contribution in [3.05, 3.63) is 54.1 Å². The molecular weight excluding hydrogens is 393 g/mol. The number of methoxy groups -OCH3 is 1. The van der Waals surface area contributed by atoms with Crippen LogP contribution in [0.4, 0.5) is 18.9 Å². The van der Waals surface area contributed by atoms with Crippen LogP contribution in [-0.4, -0.2) is 42.5 Å². The summed E-state index contributed by atoms with van der Waals surface area (Å²) in [7, 11) is 1.39. The number of esters is 1. The van der Waals surface area contributed by atoms with Crippen LogP contribution >= 0.6 is 0 Å². The van der Waals surface area contributed by atoms with Gasteiger partial charge in [0.15, 0.2) is 0 Å². The Labute approximate surface area is 164 Å². The van der Waals surface area contributed by atoms with Crippen molar-refractivity contribution in [3.63, 3.8) is 0 Å². The molecule has 0 aliphatic rings. The molecule has 2 rings (SSSR count). The highest BCUT2D eigenvalue weighted by atomic mass is 19.4. The van der Waals surface area contributed by atoms with Gasteiger partial charge in [0, 0.05) is 11.3 Å². The Morgan fingerprint density at radius 1 is 1.03 bits per heavy atom. The van der Waals surface area contributed by atoms with E-state index in [1.54, 1.807) is 5.32 Å². The molecule has 0 aliphatic heterocycles. The highest BCUT2D eigenvalue weighted by molar-refractivity contribution is 5.99. The number of aromatic hydroxyl groups is 1. The molecule has 0 fully saturated rings. The number of nitrogens with one attached hydrogen (secondary N) is 2. The van der Waals surface area contributed by atoms with Gasteiger partial charge in [0.05, 0.1) is 13.7 Å². The van der Waals surface area contributed by atoms with Crippen LogP contribution in [0.3, 0.4) is 0 Å². The Balaban J connectivity index is 2.46. The second kappa shape index (κ2) is 8.72. The number of phenols is 1. The van der Waals surface area contributed by atoms with Crippen molar-refractivity contribution in [1.82, 2.24) is 5.32 Å². The maximum atomic E-state index is 14.1. The van der Waals surface area contributed by atoms with Gasteiger partial charge in [-0.3, -0.25) is 4.79 Å². The zero-order valence-electron chi connectivity index (χ0n) is 15.5. The van der Waals surface area contributed by atoms with Gasteiger partial charge in [-0.1, -0.05) is 0 Å². The van der Waals surface area contributed by atoms with Crippen molar-refractivity contribution in [2.75, 3.05) is 19.0 Å². The van der Waals surface area contributed by atoms with Crippen molar-refractivity contribution in [2.45, 2.75) is 18.8 Å². The van der Waals surface area contributed by atoms with E-state index < -0.39 is 23.7 Å². The molecule has 0 spiro atoms. The first-order valence-electron chi connectivity index (χ1n) is 8.40. The molecule has 0 aliphatic carbocycles. The third-order valence-electron chi connectivity index (χ3n) is 3.86. The Bertz CT molecular complexity index is 854.